The van der Waals surface area contributed by atoms with Crippen molar-refractivity contribution in [2.75, 3.05) is 18.1 Å². The first kappa shape index (κ1) is 15.2. The molecule has 1 fully saturated rings. The number of aromatic nitrogens is 3. The SMILES string of the molecule is O=C(c1cnccn1)N(C[C@@H]1CCCO1)c1nc2ccccc2s1. The number of nitrogens with zero attached hydrogens (tertiary/aromatic N) is 4. The Bertz CT molecular complexity index is 813. The Kier molecular flexibility index (Phi) is 4.18. The van der Waals surface area contributed by atoms with Gasteiger partial charge in [-0.1, -0.05) is 23.5 Å². The summed E-state index contributed by atoms with van der Waals surface area (Å²) in [4.78, 5) is 27.4. The first-order chi connectivity index (χ1) is 11.8. The lowest BCUT2D eigenvalue weighted by Crippen LogP contribution is -2.38. The molecule has 0 spiro atoms. The van der Waals surface area contributed by atoms with Crippen LogP contribution in [-0.4, -0.2) is 40.1 Å². The van der Waals surface area contributed by atoms with Gasteiger partial charge in [-0.05, 0) is 25.0 Å². The second kappa shape index (κ2) is 6.62. The van der Waals surface area contributed by atoms with Crippen LogP contribution in [0.4, 0.5) is 5.13 Å². The van der Waals surface area contributed by atoms with Crippen molar-refractivity contribution in [3.05, 3.63) is 48.5 Å². The van der Waals surface area contributed by atoms with Crippen LogP contribution in [0.3, 0.4) is 0 Å². The number of carbonyl (C=O) groups is 1. The van der Waals surface area contributed by atoms with Crippen LogP contribution >= 0.6 is 11.3 Å². The molecule has 1 aromatic carbocycles. The van der Waals surface area contributed by atoms with E-state index in [1.165, 1.54) is 23.7 Å². The van der Waals surface area contributed by atoms with Crippen LogP contribution in [0, 0.1) is 0 Å². The van der Waals surface area contributed by atoms with Gasteiger partial charge in [0.1, 0.15) is 5.69 Å². The van der Waals surface area contributed by atoms with Gasteiger partial charge in [0.25, 0.3) is 5.91 Å². The van der Waals surface area contributed by atoms with Crippen LogP contribution in [0.5, 0.6) is 0 Å². The van der Waals surface area contributed by atoms with Crippen molar-refractivity contribution in [1.29, 1.82) is 0 Å². The zero-order chi connectivity index (χ0) is 16.4. The van der Waals surface area contributed by atoms with Crippen molar-refractivity contribution in [2.24, 2.45) is 0 Å². The topological polar surface area (TPSA) is 68.2 Å². The highest BCUT2D eigenvalue weighted by atomic mass is 32.1. The number of para-hydroxylation sites is 1. The van der Waals surface area contributed by atoms with Gasteiger partial charge >= 0.3 is 0 Å². The summed E-state index contributed by atoms with van der Waals surface area (Å²) >= 11 is 1.50. The maximum absolute atomic E-state index is 12.9. The lowest BCUT2D eigenvalue weighted by molar-refractivity contribution is 0.0913. The number of amides is 1. The minimum Gasteiger partial charge on any atom is -0.376 e. The number of thiazole rings is 1. The molecule has 0 unspecified atom stereocenters. The van der Waals surface area contributed by atoms with Gasteiger partial charge in [-0.2, -0.15) is 0 Å². The molecule has 1 aliphatic rings. The molecule has 122 valence electrons. The summed E-state index contributed by atoms with van der Waals surface area (Å²) in [5, 5.41) is 0.669. The second-order valence-electron chi connectivity index (χ2n) is 5.61. The highest BCUT2D eigenvalue weighted by Gasteiger charge is 2.27. The molecule has 1 saturated heterocycles. The Morgan fingerprint density at radius 3 is 3.00 bits per heavy atom. The molecule has 0 N–H and O–H groups in total. The van der Waals surface area contributed by atoms with E-state index in [4.69, 9.17) is 4.74 Å². The first-order valence-corrected chi connectivity index (χ1v) is 8.68. The summed E-state index contributed by atoms with van der Waals surface area (Å²) in [5.74, 6) is -0.197. The van der Waals surface area contributed by atoms with Gasteiger partial charge in [0, 0.05) is 19.0 Å². The van der Waals surface area contributed by atoms with Gasteiger partial charge in [0.15, 0.2) is 5.13 Å². The van der Waals surface area contributed by atoms with Crippen LogP contribution in [0.1, 0.15) is 23.3 Å². The summed E-state index contributed by atoms with van der Waals surface area (Å²) < 4.78 is 6.76. The van der Waals surface area contributed by atoms with Crippen LogP contribution in [0.15, 0.2) is 42.9 Å². The van der Waals surface area contributed by atoms with E-state index in [1.807, 2.05) is 24.3 Å². The fourth-order valence-corrected chi connectivity index (χ4v) is 3.74. The molecule has 3 heterocycles. The number of hydrogen-bond acceptors (Lipinski definition) is 6. The number of rotatable bonds is 4. The third-order valence-corrected chi connectivity index (χ3v) is 5.01. The molecule has 7 heteroatoms. The highest BCUT2D eigenvalue weighted by Crippen LogP contribution is 2.30. The minimum absolute atomic E-state index is 0.0395. The molecule has 3 aromatic rings. The summed E-state index contributed by atoms with van der Waals surface area (Å²) in [5.41, 5.74) is 1.21. The molecule has 0 bridgehead atoms. The molecule has 1 atom stereocenters. The van der Waals surface area contributed by atoms with Gasteiger partial charge in [0.2, 0.25) is 0 Å². The van der Waals surface area contributed by atoms with Crippen LogP contribution in [0.2, 0.25) is 0 Å². The quantitative estimate of drug-likeness (QED) is 0.730. The van der Waals surface area contributed by atoms with Gasteiger partial charge in [0.05, 0.1) is 29.1 Å². The molecule has 4 rings (SSSR count). The molecular formula is C17H16N4O2S. The van der Waals surface area contributed by atoms with E-state index in [0.717, 1.165) is 29.7 Å². The fraction of sp³-hybridized carbons (Fsp3) is 0.294. The average molecular weight is 340 g/mol. The Labute approximate surface area is 143 Å². The van der Waals surface area contributed by atoms with Crippen molar-refractivity contribution in [2.45, 2.75) is 18.9 Å². The average Bonchev–Trinajstić information content (AvgIpc) is 3.29. The number of benzene rings is 1. The molecule has 1 amide bonds. The van der Waals surface area contributed by atoms with E-state index in [1.54, 1.807) is 11.1 Å². The zero-order valence-corrected chi connectivity index (χ0v) is 13.8. The number of anilines is 1. The maximum Gasteiger partial charge on any atom is 0.280 e. The predicted octanol–water partition coefficient (Wildman–Crippen LogP) is 2.91. The summed E-state index contributed by atoms with van der Waals surface area (Å²) in [6, 6.07) is 7.87. The number of ether oxygens (including phenoxy) is 1. The third-order valence-electron chi connectivity index (χ3n) is 3.95. The maximum atomic E-state index is 12.9. The van der Waals surface area contributed by atoms with Gasteiger partial charge in [-0.3, -0.25) is 14.7 Å². The molecule has 1 aliphatic heterocycles. The Morgan fingerprint density at radius 2 is 2.25 bits per heavy atom. The fourth-order valence-electron chi connectivity index (χ4n) is 2.76. The van der Waals surface area contributed by atoms with Gasteiger partial charge in [-0.25, -0.2) is 9.97 Å². The number of carbonyl (C=O) groups excluding carboxylic acids is 1. The van der Waals surface area contributed by atoms with Crippen LogP contribution < -0.4 is 4.90 Å². The standard InChI is InChI=1S/C17H16N4O2S/c22-16(14-10-18-7-8-19-14)21(11-12-4-3-9-23-12)17-20-13-5-1-2-6-15(13)24-17/h1-2,5-8,10,12H,3-4,9,11H2/t12-/m0/s1. The lowest BCUT2D eigenvalue weighted by Gasteiger charge is -2.22. The molecule has 24 heavy (non-hydrogen) atoms. The molecule has 0 saturated carbocycles. The predicted molar refractivity (Wildman–Crippen MR) is 92.3 cm³/mol. The van der Waals surface area contributed by atoms with E-state index in [-0.39, 0.29) is 12.0 Å². The molecule has 2 aromatic heterocycles. The summed E-state index contributed by atoms with van der Waals surface area (Å²) in [7, 11) is 0. The minimum atomic E-state index is -0.197. The number of fused-ring (bicyclic) bond motifs is 1. The Balaban J connectivity index is 1.70. The lowest BCUT2D eigenvalue weighted by atomic mass is 10.2. The third kappa shape index (κ3) is 3.00. The number of hydrogen-bond donors (Lipinski definition) is 0. The Morgan fingerprint density at radius 1 is 1.33 bits per heavy atom. The van der Waals surface area contributed by atoms with Gasteiger partial charge in [-0.15, -0.1) is 0 Å². The van der Waals surface area contributed by atoms with Crippen LogP contribution in [-0.2, 0) is 4.74 Å². The summed E-state index contributed by atoms with van der Waals surface area (Å²) in [6.07, 6.45) is 6.58. The van der Waals surface area contributed by atoms with Crippen molar-refractivity contribution in [3.63, 3.8) is 0 Å². The highest BCUT2D eigenvalue weighted by molar-refractivity contribution is 7.22. The van der Waals surface area contributed by atoms with Crippen molar-refractivity contribution in [1.82, 2.24) is 15.0 Å². The normalized spacial score (nSPS) is 17.2. The van der Waals surface area contributed by atoms with Crippen molar-refractivity contribution < 1.29 is 9.53 Å². The van der Waals surface area contributed by atoms with E-state index in [9.17, 15) is 4.79 Å². The molecule has 0 radical (unpaired) electrons. The van der Waals surface area contributed by atoms with Crippen molar-refractivity contribution >= 4 is 32.6 Å². The molecule has 0 aliphatic carbocycles. The zero-order valence-electron chi connectivity index (χ0n) is 13.0. The second-order valence-corrected chi connectivity index (χ2v) is 6.61. The largest absolute Gasteiger partial charge is 0.376 e. The van der Waals surface area contributed by atoms with Crippen LogP contribution in [0.25, 0.3) is 10.2 Å². The van der Waals surface area contributed by atoms with E-state index < -0.39 is 0 Å². The smallest absolute Gasteiger partial charge is 0.280 e. The monoisotopic (exact) mass is 340 g/mol. The first-order valence-electron chi connectivity index (χ1n) is 7.86. The van der Waals surface area contributed by atoms with E-state index >= 15 is 0 Å². The van der Waals surface area contributed by atoms with E-state index in [2.05, 4.69) is 15.0 Å². The molecule has 6 nitrogen and oxygen atoms in total. The Hall–Kier alpha value is -2.38. The molecular weight excluding hydrogens is 324 g/mol. The van der Waals surface area contributed by atoms with E-state index in [0.29, 0.717) is 17.4 Å². The van der Waals surface area contributed by atoms with Crippen molar-refractivity contribution in [3.8, 4) is 0 Å². The van der Waals surface area contributed by atoms with Gasteiger partial charge < -0.3 is 4.74 Å². The summed E-state index contributed by atoms with van der Waals surface area (Å²) in [6.45, 7) is 1.23.